The van der Waals surface area contributed by atoms with Crippen molar-refractivity contribution in [3.05, 3.63) is 106 Å². The largest absolute Gasteiger partial charge is 0.487 e. The van der Waals surface area contributed by atoms with Crippen LogP contribution in [0.3, 0.4) is 0 Å². The number of thioether (sulfide) groups is 1. The summed E-state index contributed by atoms with van der Waals surface area (Å²) in [6.45, 7) is 5.25. The van der Waals surface area contributed by atoms with Gasteiger partial charge in [-0.15, -0.1) is 16.7 Å². The highest BCUT2D eigenvalue weighted by molar-refractivity contribution is 7.98. The summed E-state index contributed by atoms with van der Waals surface area (Å²) >= 11 is 1.58. The highest BCUT2D eigenvalue weighted by atomic mass is 32.2. The predicted octanol–water partition coefficient (Wildman–Crippen LogP) is 7.86. The van der Waals surface area contributed by atoms with Gasteiger partial charge in [-0.1, -0.05) is 36.4 Å². The molecule has 3 unspecified atom stereocenters. The topological polar surface area (TPSA) is 102 Å². The Morgan fingerprint density at radius 2 is 1.82 bits per heavy atom. The fraction of sp³-hybridized carbons (Fsp3) is 0.382. The third kappa shape index (κ3) is 8.11. The fourth-order valence-corrected chi connectivity index (χ4v) is 5.67. The van der Waals surface area contributed by atoms with Crippen molar-refractivity contribution in [2.45, 2.75) is 50.5 Å². The number of ketones is 1. The number of hydrogen-bond donors (Lipinski definition) is 0. The molecule has 44 heavy (non-hydrogen) atoms. The first-order valence-electron chi connectivity index (χ1n) is 14.5. The molecule has 1 heterocycles. The Labute approximate surface area is 261 Å². The Bertz CT molecular complexity index is 1470. The van der Waals surface area contributed by atoms with E-state index in [9.17, 15) is 19.3 Å². The fourth-order valence-electron chi connectivity index (χ4n) is 5.26. The summed E-state index contributed by atoms with van der Waals surface area (Å²) in [5, 5.41) is 2.51. The Morgan fingerprint density at radius 1 is 1.07 bits per heavy atom. The lowest BCUT2D eigenvalue weighted by molar-refractivity contribution is -0.129. The maximum atomic E-state index is 15.5. The van der Waals surface area contributed by atoms with Crippen molar-refractivity contribution in [3.8, 4) is 0 Å². The van der Waals surface area contributed by atoms with Crippen molar-refractivity contribution in [1.82, 2.24) is 4.90 Å². The zero-order chi connectivity index (χ0) is 31.9. The van der Waals surface area contributed by atoms with Crippen molar-refractivity contribution in [2.75, 3.05) is 19.3 Å². The maximum Gasteiger partial charge on any atom is 0.415 e. The Balaban J connectivity index is 1.53. The SMILES string of the molecule is CSc1ccc(C(=O)C2CN(C(=O)OC3=CCC=CC=C3)CC2CC2=C(F)CC=C(OC(C)(C)C(C)C(=O)N=O)C=C2)cc1. The van der Waals surface area contributed by atoms with Gasteiger partial charge in [-0.3, -0.25) is 9.59 Å². The summed E-state index contributed by atoms with van der Waals surface area (Å²) in [6, 6.07) is 7.34. The van der Waals surface area contributed by atoms with Crippen LogP contribution < -0.4 is 0 Å². The molecule has 1 saturated heterocycles. The maximum absolute atomic E-state index is 15.5. The lowest BCUT2D eigenvalue weighted by Crippen LogP contribution is -2.36. The molecule has 1 aromatic rings. The van der Waals surface area contributed by atoms with Gasteiger partial charge in [0, 0.05) is 41.1 Å². The van der Waals surface area contributed by atoms with E-state index in [2.05, 4.69) is 5.18 Å². The van der Waals surface area contributed by atoms with Gasteiger partial charge in [-0.05, 0) is 87.8 Å². The summed E-state index contributed by atoms with van der Waals surface area (Å²) in [5.74, 6) is -2.28. The molecule has 1 fully saturated rings. The second-order valence-electron chi connectivity index (χ2n) is 11.5. The summed E-state index contributed by atoms with van der Waals surface area (Å²) in [7, 11) is 0. The number of carbonyl (C=O) groups is 3. The Kier molecular flexibility index (Phi) is 10.9. The highest BCUT2D eigenvalue weighted by Crippen LogP contribution is 2.36. The van der Waals surface area contributed by atoms with E-state index in [1.165, 1.54) is 4.90 Å². The van der Waals surface area contributed by atoms with Crippen molar-refractivity contribution < 1.29 is 28.2 Å². The molecule has 10 heteroatoms. The van der Waals surface area contributed by atoms with Crippen LogP contribution in [0.2, 0.25) is 0 Å². The van der Waals surface area contributed by atoms with Crippen LogP contribution in [0, 0.1) is 22.7 Å². The number of nitroso groups, excluding NO2 is 1. The molecular weight excluding hydrogens is 583 g/mol. The molecule has 232 valence electrons. The van der Waals surface area contributed by atoms with E-state index in [0.29, 0.717) is 29.1 Å². The van der Waals surface area contributed by atoms with E-state index < -0.39 is 29.4 Å². The number of hydrogen-bond acceptors (Lipinski definition) is 7. The van der Waals surface area contributed by atoms with Crippen molar-refractivity contribution in [1.29, 1.82) is 0 Å². The molecule has 0 saturated carbocycles. The molecule has 0 aromatic heterocycles. The second-order valence-corrected chi connectivity index (χ2v) is 12.4. The van der Waals surface area contributed by atoms with Gasteiger partial charge in [-0.25, -0.2) is 9.18 Å². The number of halogens is 1. The normalized spacial score (nSPS) is 20.8. The van der Waals surface area contributed by atoms with Gasteiger partial charge in [0.1, 0.15) is 22.9 Å². The molecule has 3 aliphatic rings. The molecule has 4 rings (SSSR count). The van der Waals surface area contributed by atoms with E-state index in [1.807, 2.05) is 30.5 Å². The number of ether oxygens (including phenoxy) is 2. The van der Waals surface area contributed by atoms with Crippen LogP contribution in [-0.2, 0) is 14.3 Å². The van der Waals surface area contributed by atoms with Crippen molar-refractivity contribution >= 4 is 29.5 Å². The second kappa shape index (κ2) is 14.6. The molecule has 2 amide bonds. The van der Waals surface area contributed by atoms with Gasteiger partial charge >= 0.3 is 6.09 Å². The third-order valence-electron chi connectivity index (χ3n) is 8.22. The number of benzene rings is 1. The van der Waals surface area contributed by atoms with Gasteiger partial charge in [0.25, 0.3) is 5.91 Å². The van der Waals surface area contributed by atoms with E-state index in [4.69, 9.17) is 9.47 Å². The Morgan fingerprint density at radius 3 is 2.52 bits per heavy atom. The number of rotatable bonds is 10. The lowest BCUT2D eigenvalue weighted by Gasteiger charge is -2.30. The summed E-state index contributed by atoms with van der Waals surface area (Å²) in [5.41, 5.74) is -0.129. The summed E-state index contributed by atoms with van der Waals surface area (Å²) < 4.78 is 27.1. The van der Waals surface area contributed by atoms with E-state index in [1.54, 1.807) is 81.1 Å². The zero-order valence-electron chi connectivity index (χ0n) is 25.3. The first-order valence-corrected chi connectivity index (χ1v) is 15.7. The number of allylic oxidation sites excluding steroid dienone is 10. The Hall–Kier alpha value is -4.05. The molecule has 1 aromatic carbocycles. The molecule has 2 aliphatic carbocycles. The van der Waals surface area contributed by atoms with Crippen LogP contribution in [-0.4, -0.2) is 47.6 Å². The first-order chi connectivity index (χ1) is 21.0. The van der Waals surface area contributed by atoms with Gasteiger partial charge in [-0.2, -0.15) is 0 Å². The van der Waals surface area contributed by atoms with Gasteiger partial charge in [0.05, 0.1) is 5.92 Å². The monoisotopic (exact) mass is 620 g/mol. The van der Waals surface area contributed by atoms with Crippen molar-refractivity contribution in [2.24, 2.45) is 22.9 Å². The number of carbonyl (C=O) groups excluding carboxylic acids is 3. The number of amides is 2. The van der Waals surface area contributed by atoms with Crippen LogP contribution in [0.15, 0.2) is 106 Å². The van der Waals surface area contributed by atoms with E-state index >= 15 is 4.39 Å². The average Bonchev–Trinajstić information content (AvgIpc) is 3.15. The molecule has 0 spiro atoms. The standard InChI is InChI=1S/C34H37FN2O6S/c1-22(32(39)36-41)34(2,3)43-27-14-11-24(30(35)18-15-27)19-25-20-37(33(40)42-26-9-7-5-6-8-10-26)21-29(25)31(38)23-12-16-28(44-4)17-13-23/h5-7,9-17,22,25,29H,8,18-21H2,1-4H3. The van der Waals surface area contributed by atoms with Gasteiger partial charge in [0.2, 0.25) is 0 Å². The predicted molar refractivity (Wildman–Crippen MR) is 168 cm³/mol. The minimum atomic E-state index is -1.06. The molecule has 1 aliphatic heterocycles. The number of nitrogens with zero attached hydrogens (tertiary/aromatic N) is 2. The van der Waals surface area contributed by atoms with Crippen LogP contribution >= 0.6 is 11.8 Å². The smallest absolute Gasteiger partial charge is 0.415 e. The highest BCUT2D eigenvalue weighted by Gasteiger charge is 2.41. The minimum absolute atomic E-state index is 0.0518. The molecule has 0 radical (unpaired) electrons. The van der Waals surface area contributed by atoms with Crippen LogP contribution in [0.4, 0.5) is 9.18 Å². The van der Waals surface area contributed by atoms with Crippen LogP contribution in [0.1, 0.15) is 50.4 Å². The first kappa shape index (κ1) is 32.9. The zero-order valence-corrected chi connectivity index (χ0v) is 26.1. The molecule has 0 bridgehead atoms. The third-order valence-corrected chi connectivity index (χ3v) is 8.97. The lowest BCUT2D eigenvalue weighted by atomic mass is 9.84. The van der Waals surface area contributed by atoms with Crippen LogP contribution in [0.25, 0.3) is 0 Å². The summed E-state index contributed by atoms with van der Waals surface area (Å²) in [6.07, 6.45) is 16.1. The van der Waals surface area contributed by atoms with E-state index in [-0.39, 0.29) is 43.5 Å². The van der Waals surface area contributed by atoms with Gasteiger partial charge in [0.15, 0.2) is 5.78 Å². The quantitative estimate of drug-likeness (QED) is 0.149. The van der Waals surface area contributed by atoms with Crippen LogP contribution in [0.5, 0.6) is 0 Å². The van der Waals surface area contributed by atoms with Gasteiger partial charge < -0.3 is 14.4 Å². The molecular formula is C34H37FN2O6S. The van der Waals surface area contributed by atoms with E-state index in [0.717, 1.165) is 4.90 Å². The molecule has 3 atom stereocenters. The van der Waals surface area contributed by atoms with Crippen molar-refractivity contribution in [3.63, 3.8) is 0 Å². The average molecular weight is 621 g/mol. The number of likely N-dealkylation sites (tertiary alicyclic amines) is 1. The molecule has 8 nitrogen and oxygen atoms in total. The summed E-state index contributed by atoms with van der Waals surface area (Å²) in [4.78, 5) is 52.1. The minimum Gasteiger partial charge on any atom is -0.487 e. The molecule has 0 N–H and O–H groups in total. The number of Topliss-reactive ketones (excluding diaryl/α,β-unsaturated/α-hetero) is 1.